The lowest BCUT2D eigenvalue weighted by molar-refractivity contribution is 0.122. The molecule has 0 amide bonds. The van der Waals surface area contributed by atoms with Gasteiger partial charge in [-0.2, -0.15) is 4.98 Å². The first kappa shape index (κ1) is 19.5. The maximum Gasteiger partial charge on any atom is 0.188 e. The lowest BCUT2D eigenvalue weighted by Gasteiger charge is -2.25. The number of morpholine rings is 1. The predicted octanol–water partition coefficient (Wildman–Crippen LogP) is 3.00. The van der Waals surface area contributed by atoms with Crippen LogP contribution in [0, 0.1) is 0 Å². The van der Waals surface area contributed by atoms with Crippen molar-refractivity contribution in [1.29, 1.82) is 0 Å². The van der Waals surface area contributed by atoms with Crippen molar-refractivity contribution in [2.45, 2.75) is 19.3 Å². The van der Waals surface area contributed by atoms with Gasteiger partial charge in [0.2, 0.25) is 0 Å². The van der Waals surface area contributed by atoms with Crippen LogP contribution in [0.1, 0.15) is 19.3 Å². The molecule has 30 heavy (non-hydrogen) atoms. The molecule has 0 radical (unpaired) electrons. The van der Waals surface area contributed by atoms with E-state index in [1.54, 1.807) is 35.2 Å². The molecule has 0 atom stereocenters. The maximum atomic E-state index is 5.30. The standard InChI is InChI=1S/C10H12N4S.C9H10N4OS/c1-2-4-14(5-3-1)10-13-8-6-11-7-12-9(8)15-10;1-3-14-4-2-13(1)9-12-8-7(15-9)5-10-6-11-8/h6-7H,1-5H2;5-6H,1-4H2. The number of rotatable bonds is 2. The lowest BCUT2D eigenvalue weighted by atomic mass is 10.1. The number of hydrogen-bond acceptors (Lipinski definition) is 11. The Labute approximate surface area is 181 Å². The summed E-state index contributed by atoms with van der Waals surface area (Å²) in [6.45, 7) is 5.64. The second-order valence-electron chi connectivity index (χ2n) is 7.06. The normalized spacial score (nSPS) is 17.2. The number of hydrogen-bond donors (Lipinski definition) is 0. The van der Waals surface area contributed by atoms with Gasteiger partial charge < -0.3 is 14.5 Å². The van der Waals surface area contributed by atoms with E-state index in [2.05, 4.69) is 39.7 Å². The highest BCUT2D eigenvalue weighted by atomic mass is 32.1. The molecule has 0 saturated carbocycles. The third-order valence-electron chi connectivity index (χ3n) is 5.03. The van der Waals surface area contributed by atoms with E-state index < -0.39 is 0 Å². The SMILES string of the molecule is c1ncc2nc(N3CCCCC3)sc2n1.c1ncc2sc(N3CCOCC3)nc2n1. The van der Waals surface area contributed by atoms with Gasteiger partial charge in [-0.05, 0) is 19.3 Å². The number of piperidine rings is 1. The first-order chi connectivity index (χ1) is 14.9. The molecule has 2 aliphatic rings. The summed E-state index contributed by atoms with van der Waals surface area (Å²) < 4.78 is 6.34. The molecule has 4 aromatic heterocycles. The van der Waals surface area contributed by atoms with Crippen LogP contribution >= 0.6 is 22.7 Å². The Balaban J connectivity index is 0.000000128. The van der Waals surface area contributed by atoms with Crippen LogP contribution in [0.2, 0.25) is 0 Å². The van der Waals surface area contributed by atoms with Crippen molar-refractivity contribution in [2.24, 2.45) is 0 Å². The number of nitrogens with zero attached hydrogens (tertiary/aromatic N) is 8. The lowest BCUT2D eigenvalue weighted by Crippen LogP contribution is -2.36. The van der Waals surface area contributed by atoms with Crippen LogP contribution in [0.4, 0.5) is 10.3 Å². The zero-order chi connectivity index (χ0) is 20.2. The van der Waals surface area contributed by atoms with Crippen molar-refractivity contribution in [3.8, 4) is 0 Å². The van der Waals surface area contributed by atoms with Crippen LogP contribution in [0.3, 0.4) is 0 Å². The highest BCUT2D eigenvalue weighted by molar-refractivity contribution is 7.22. The minimum absolute atomic E-state index is 0.779. The molecule has 0 N–H and O–H groups in total. The molecular formula is C19H22N8OS2. The Kier molecular flexibility index (Phi) is 5.91. The van der Waals surface area contributed by atoms with Crippen LogP contribution in [0.5, 0.6) is 0 Å². The fourth-order valence-corrected chi connectivity index (χ4v) is 5.34. The van der Waals surface area contributed by atoms with Crippen molar-refractivity contribution in [1.82, 2.24) is 29.9 Å². The average molecular weight is 443 g/mol. The fourth-order valence-electron chi connectivity index (χ4n) is 3.47. The first-order valence-electron chi connectivity index (χ1n) is 10.1. The Morgan fingerprint density at radius 1 is 0.767 bits per heavy atom. The van der Waals surface area contributed by atoms with Gasteiger partial charge in [-0.25, -0.2) is 24.9 Å². The summed E-state index contributed by atoms with van der Waals surface area (Å²) in [5, 5.41) is 2.12. The molecule has 2 aliphatic heterocycles. The van der Waals surface area contributed by atoms with E-state index in [4.69, 9.17) is 4.74 Å². The minimum atomic E-state index is 0.779. The van der Waals surface area contributed by atoms with E-state index in [9.17, 15) is 0 Å². The van der Waals surface area contributed by atoms with Crippen LogP contribution < -0.4 is 9.80 Å². The molecule has 156 valence electrons. The highest BCUT2D eigenvalue weighted by Gasteiger charge is 2.16. The van der Waals surface area contributed by atoms with E-state index in [1.165, 1.54) is 25.6 Å². The smallest absolute Gasteiger partial charge is 0.188 e. The maximum absolute atomic E-state index is 5.30. The first-order valence-corrected chi connectivity index (χ1v) is 11.7. The van der Waals surface area contributed by atoms with Gasteiger partial charge >= 0.3 is 0 Å². The highest BCUT2D eigenvalue weighted by Crippen LogP contribution is 2.28. The van der Waals surface area contributed by atoms with E-state index in [1.807, 2.05) is 6.20 Å². The molecule has 2 saturated heterocycles. The monoisotopic (exact) mass is 442 g/mol. The largest absolute Gasteiger partial charge is 0.378 e. The van der Waals surface area contributed by atoms with E-state index in [0.717, 1.165) is 70.4 Å². The Morgan fingerprint density at radius 2 is 1.50 bits per heavy atom. The van der Waals surface area contributed by atoms with Crippen LogP contribution in [-0.2, 0) is 4.74 Å². The number of thiazole rings is 2. The third-order valence-corrected chi connectivity index (χ3v) is 7.11. The van der Waals surface area contributed by atoms with Crippen molar-refractivity contribution < 1.29 is 4.74 Å². The van der Waals surface area contributed by atoms with Gasteiger partial charge in [-0.3, -0.25) is 0 Å². The minimum Gasteiger partial charge on any atom is -0.378 e. The number of ether oxygens (including phenoxy) is 1. The summed E-state index contributed by atoms with van der Waals surface area (Å²) in [5.74, 6) is 0. The van der Waals surface area contributed by atoms with Gasteiger partial charge in [0.05, 0.1) is 24.1 Å². The zero-order valence-corrected chi connectivity index (χ0v) is 18.1. The molecule has 0 aliphatic carbocycles. The topological polar surface area (TPSA) is 93.1 Å². The van der Waals surface area contributed by atoms with Crippen LogP contribution in [0.25, 0.3) is 20.7 Å². The quantitative estimate of drug-likeness (QED) is 0.464. The summed E-state index contributed by atoms with van der Waals surface area (Å²) >= 11 is 3.31. The van der Waals surface area contributed by atoms with Crippen molar-refractivity contribution in [3.05, 3.63) is 25.0 Å². The second kappa shape index (κ2) is 9.11. The van der Waals surface area contributed by atoms with E-state index in [-0.39, 0.29) is 0 Å². The van der Waals surface area contributed by atoms with Crippen molar-refractivity contribution >= 4 is 53.6 Å². The Morgan fingerprint density at radius 3 is 2.30 bits per heavy atom. The predicted molar refractivity (Wildman–Crippen MR) is 120 cm³/mol. The number of anilines is 2. The van der Waals surface area contributed by atoms with Crippen molar-refractivity contribution in [3.63, 3.8) is 0 Å². The Hall–Kier alpha value is -2.50. The molecule has 4 aromatic rings. The van der Waals surface area contributed by atoms with Gasteiger partial charge in [0, 0.05) is 32.4 Å². The molecule has 9 nitrogen and oxygen atoms in total. The fraction of sp³-hybridized carbons (Fsp3) is 0.474. The summed E-state index contributed by atoms with van der Waals surface area (Å²) in [6.07, 6.45) is 10.6. The molecule has 2 fully saturated rings. The van der Waals surface area contributed by atoms with Crippen LogP contribution in [-0.4, -0.2) is 69.3 Å². The van der Waals surface area contributed by atoms with Gasteiger partial charge in [0.15, 0.2) is 15.9 Å². The van der Waals surface area contributed by atoms with Crippen molar-refractivity contribution in [2.75, 3.05) is 49.2 Å². The summed E-state index contributed by atoms with van der Waals surface area (Å²) in [7, 11) is 0. The molecule has 0 spiro atoms. The van der Waals surface area contributed by atoms with Crippen LogP contribution in [0.15, 0.2) is 25.0 Å². The zero-order valence-electron chi connectivity index (χ0n) is 16.5. The van der Waals surface area contributed by atoms with Gasteiger partial charge in [-0.15, -0.1) is 0 Å². The van der Waals surface area contributed by atoms with Gasteiger partial charge in [-0.1, -0.05) is 22.7 Å². The molecule has 0 unspecified atom stereocenters. The summed E-state index contributed by atoms with van der Waals surface area (Å²) in [5.41, 5.74) is 1.71. The molecule has 11 heteroatoms. The number of aromatic nitrogens is 6. The average Bonchev–Trinajstić information content (AvgIpc) is 3.45. The number of fused-ring (bicyclic) bond motifs is 2. The molecule has 6 rings (SSSR count). The molecular weight excluding hydrogens is 420 g/mol. The summed E-state index contributed by atoms with van der Waals surface area (Å²) in [6, 6.07) is 0. The van der Waals surface area contributed by atoms with Gasteiger partial charge in [0.25, 0.3) is 0 Å². The Bertz CT molecular complexity index is 950. The van der Waals surface area contributed by atoms with Gasteiger partial charge in [0.1, 0.15) is 23.0 Å². The third kappa shape index (κ3) is 4.32. The van der Waals surface area contributed by atoms with E-state index >= 15 is 0 Å². The van der Waals surface area contributed by atoms with E-state index in [0.29, 0.717) is 0 Å². The molecule has 0 bridgehead atoms. The molecule has 0 aromatic carbocycles. The molecule has 6 heterocycles. The summed E-state index contributed by atoms with van der Waals surface area (Å²) in [4.78, 5) is 30.9. The second-order valence-corrected chi connectivity index (χ2v) is 9.03.